The van der Waals surface area contributed by atoms with Gasteiger partial charge in [0.15, 0.2) is 0 Å². The molecule has 0 saturated heterocycles. The molecular formula is C14H17N3S. The van der Waals surface area contributed by atoms with E-state index in [2.05, 4.69) is 34.7 Å². The number of nitrogens with one attached hydrogen (secondary N) is 1. The number of hydrazine groups is 1. The van der Waals surface area contributed by atoms with Crippen LogP contribution >= 0.6 is 11.3 Å². The molecule has 1 aromatic carbocycles. The lowest BCUT2D eigenvalue weighted by atomic mass is 9.79. The minimum absolute atomic E-state index is 0.0533. The number of hydrogen-bond acceptors (Lipinski definition) is 4. The summed E-state index contributed by atoms with van der Waals surface area (Å²) in [6.07, 6.45) is 5.89. The van der Waals surface area contributed by atoms with Crippen LogP contribution in [0.5, 0.6) is 0 Å². The van der Waals surface area contributed by atoms with Gasteiger partial charge in [0.05, 0.1) is 11.6 Å². The molecule has 1 heterocycles. The Kier molecular flexibility index (Phi) is 3.41. The van der Waals surface area contributed by atoms with Gasteiger partial charge in [-0.3, -0.25) is 10.8 Å². The topological polar surface area (TPSA) is 50.9 Å². The second-order valence-electron chi connectivity index (χ2n) is 4.80. The number of hydrogen-bond donors (Lipinski definition) is 2. The molecule has 0 amide bonds. The Hall–Kier alpha value is -1.23. The lowest BCUT2D eigenvalue weighted by Gasteiger charge is -2.27. The van der Waals surface area contributed by atoms with Crippen molar-refractivity contribution in [3.05, 3.63) is 52.0 Å². The summed E-state index contributed by atoms with van der Waals surface area (Å²) in [5, 5.41) is 0. The van der Waals surface area contributed by atoms with Gasteiger partial charge in [-0.2, -0.15) is 0 Å². The fraction of sp³-hybridized carbons (Fsp3) is 0.357. The third kappa shape index (κ3) is 2.19. The molecule has 3 N–H and O–H groups in total. The van der Waals surface area contributed by atoms with Crippen LogP contribution in [0, 0.1) is 0 Å². The molecule has 0 aliphatic heterocycles. The number of nitrogens with zero attached hydrogens (tertiary/aromatic N) is 1. The third-order valence-electron chi connectivity index (χ3n) is 3.72. The summed E-state index contributed by atoms with van der Waals surface area (Å²) in [5.74, 6) is 6.45. The van der Waals surface area contributed by atoms with Gasteiger partial charge in [0.2, 0.25) is 0 Å². The van der Waals surface area contributed by atoms with E-state index in [4.69, 9.17) is 5.84 Å². The van der Waals surface area contributed by atoms with E-state index in [0.717, 1.165) is 10.8 Å². The molecule has 2 aromatic rings. The van der Waals surface area contributed by atoms with E-state index >= 15 is 0 Å². The van der Waals surface area contributed by atoms with E-state index in [1.807, 2.05) is 11.7 Å². The minimum Gasteiger partial charge on any atom is -0.271 e. The lowest BCUT2D eigenvalue weighted by molar-refractivity contribution is 0.419. The summed E-state index contributed by atoms with van der Waals surface area (Å²) in [6, 6.07) is 8.83. The van der Waals surface area contributed by atoms with Gasteiger partial charge in [-0.25, -0.2) is 5.43 Å². The van der Waals surface area contributed by atoms with Gasteiger partial charge in [-0.15, -0.1) is 11.3 Å². The van der Waals surface area contributed by atoms with Crippen molar-refractivity contribution in [3.8, 4) is 0 Å². The molecule has 1 unspecified atom stereocenters. The average Bonchev–Trinajstić information content (AvgIpc) is 2.82. The van der Waals surface area contributed by atoms with Crippen molar-refractivity contribution in [2.45, 2.75) is 31.2 Å². The monoisotopic (exact) mass is 259 g/mol. The second kappa shape index (κ2) is 5.18. The van der Waals surface area contributed by atoms with Crippen molar-refractivity contribution < 1.29 is 0 Å². The molecule has 1 atom stereocenters. The van der Waals surface area contributed by atoms with Crippen LogP contribution < -0.4 is 11.3 Å². The van der Waals surface area contributed by atoms with Gasteiger partial charge in [0.25, 0.3) is 0 Å². The zero-order valence-corrected chi connectivity index (χ0v) is 11.0. The SMILES string of the molecule is NNC(c1cccc(C2CCC2)c1)c1cncs1. The Labute approximate surface area is 111 Å². The molecule has 1 fully saturated rings. The lowest BCUT2D eigenvalue weighted by Crippen LogP contribution is -2.28. The summed E-state index contributed by atoms with van der Waals surface area (Å²) in [4.78, 5) is 5.28. The van der Waals surface area contributed by atoms with Crippen molar-refractivity contribution in [1.82, 2.24) is 10.4 Å². The van der Waals surface area contributed by atoms with Crippen molar-refractivity contribution in [3.63, 3.8) is 0 Å². The van der Waals surface area contributed by atoms with Crippen molar-refractivity contribution >= 4 is 11.3 Å². The quantitative estimate of drug-likeness (QED) is 0.655. The Balaban J connectivity index is 1.90. The molecule has 3 nitrogen and oxygen atoms in total. The molecule has 18 heavy (non-hydrogen) atoms. The fourth-order valence-electron chi connectivity index (χ4n) is 2.44. The summed E-state index contributed by atoms with van der Waals surface area (Å²) < 4.78 is 0. The summed E-state index contributed by atoms with van der Waals surface area (Å²) in [5.41, 5.74) is 7.41. The van der Waals surface area contributed by atoms with Crippen LogP contribution in [0.2, 0.25) is 0 Å². The van der Waals surface area contributed by atoms with E-state index in [1.54, 1.807) is 11.3 Å². The van der Waals surface area contributed by atoms with Gasteiger partial charge in [0, 0.05) is 11.1 Å². The fourth-order valence-corrected chi connectivity index (χ4v) is 3.15. The van der Waals surface area contributed by atoms with Gasteiger partial charge in [0.1, 0.15) is 0 Å². The third-order valence-corrected chi connectivity index (χ3v) is 4.56. The van der Waals surface area contributed by atoms with Crippen LogP contribution in [0.1, 0.15) is 47.2 Å². The van der Waals surface area contributed by atoms with Crippen LogP contribution in [0.3, 0.4) is 0 Å². The first-order valence-corrected chi connectivity index (χ1v) is 7.21. The van der Waals surface area contributed by atoms with Gasteiger partial charge in [-0.1, -0.05) is 30.7 Å². The summed E-state index contributed by atoms with van der Waals surface area (Å²) in [6.45, 7) is 0. The molecule has 1 saturated carbocycles. The molecule has 1 aliphatic carbocycles. The van der Waals surface area contributed by atoms with Gasteiger partial charge >= 0.3 is 0 Å². The van der Waals surface area contributed by atoms with Crippen molar-refractivity contribution in [2.24, 2.45) is 5.84 Å². The predicted molar refractivity (Wildman–Crippen MR) is 74.3 cm³/mol. The van der Waals surface area contributed by atoms with E-state index in [0.29, 0.717) is 0 Å². The predicted octanol–water partition coefficient (Wildman–Crippen LogP) is 2.96. The maximum atomic E-state index is 5.70. The highest BCUT2D eigenvalue weighted by Gasteiger charge is 2.21. The van der Waals surface area contributed by atoms with Crippen LogP contribution in [0.15, 0.2) is 36.0 Å². The average molecular weight is 259 g/mol. The number of benzene rings is 1. The highest BCUT2D eigenvalue weighted by molar-refractivity contribution is 7.09. The number of aromatic nitrogens is 1. The first-order chi connectivity index (χ1) is 8.88. The molecule has 94 valence electrons. The number of thiazole rings is 1. The Morgan fingerprint density at radius 2 is 2.28 bits per heavy atom. The van der Waals surface area contributed by atoms with Crippen molar-refractivity contribution in [2.75, 3.05) is 0 Å². The maximum Gasteiger partial charge on any atom is 0.0818 e. The highest BCUT2D eigenvalue weighted by atomic mass is 32.1. The molecule has 1 aromatic heterocycles. The zero-order chi connectivity index (χ0) is 12.4. The first-order valence-electron chi connectivity index (χ1n) is 6.33. The maximum absolute atomic E-state index is 5.70. The molecule has 4 heteroatoms. The highest BCUT2D eigenvalue weighted by Crippen LogP contribution is 2.37. The normalized spacial score (nSPS) is 17.4. The van der Waals surface area contributed by atoms with E-state index in [9.17, 15) is 0 Å². The molecule has 3 rings (SSSR count). The molecule has 0 spiro atoms. The Morgan fingerprint density at radius 3 is 2.89 bits per heavy atom. The Bertz CT molecular complexity index is 506. The standard InChI is InChI=1S/C14H17N3S/c15-17-14(13-8-16-9-18-13)12-6-2-5-11(7-12)10-3-1-4-10/h2,5-10,14,17H,1,3-4,15H2. The molecule has 1 aliphatic rings. The van der Waals surface area contributed by atoms with E-state index in [1.165, 1.54) is 30.4 Å². The Morgan fingerprint density at radius 1 is 1.39 bits per heavy atom. The summed E-state index contributed by atoms with van der Waals surface area (Å²) in [7, 11) is 0. The van der Waals surface area contributed by atoms with Crippen molar-refractivity contribution in [1.29, 1.82) is 0 Å². The number of nitrogens with two attached hydrogens (primary N) is 1. The van der Waals surface area contributed by atoms with Crippen LogP contribution in [0.25, 0.3) is 0 Å². The van der Waals surface area contributed by atoms with Crippen LogP contribution in [-0.2, 0) is 0 Å². The van der Waals surface area contributed by atoms with Gasteiger partial charge < -0.3 is 0 Å². The molecule has 0 radical (unpaired) electrons. The first kappa shape index (κ1) is 11.8. The smallest absolute Gasteiger partial charge is 0.0818 e. The zero-order valence-electron chi connectivity index (χ0n) is 10.2. The van der Waals surface area contributed by atoms with Crippen LogP contribution in [0.4, 0.5) is 0 Å². The second-order valence-corrected chi connectivity index (χ2v) is 5.72. The molecule has 0 bridgehead atoms. The summed E-state index contributed by atoms with van der Waals surface area (Å²) >= 11 is 1.63. The number of rotatable bonds is 4. The van der Waals surface area contributed by atoms with Crippen LogP contribution in [-0.4, -0.2) is 4.98 Å². The minimum atomic E-state index is 0.0533. The van der Waals surface area contributed by atoms with E-state index < -0.39 is 0 Å². The van der Waals surface area contributed by atoms with Gasteiger partial charge in [-0.05, 0) is 29.9 Å². The molecular weight excluding hydrogens is 242 g/mol. The largest absolute Gasteiger partial charge is 0.271 e. The van der Waals surface area contributed by atoms with E-state index in [-0.39, 0.29) is 6.04 Å².